The first-order valence-corrected chi connectivity index (χ1v) is 10.6. The molecule has 142 valence electrons. The molecule has 1 fully saturated rings. The third kappa shape index (κ3) is 5.41. The van der Waals surface area contributed by atoms with Crippen molar-refractivity contribution in [2.24, 2.45) is 0 Å². The lowest BCUT2D eigenvalue weighted by Gasteiger charge is -2.25. The molecule has 0 aromatic carbocycles. The second kappa shape index (κ2) is 9.86. The third-order valence-corrected chi connectivity index (χ3v) is 6.52. The number of aromatic nitrogens is 1. The van der Waals surface area contributed by atoms with Crippen LogP contribution < -0.4 is 0 Å². The molecule has 0 N–H and O–H groups in total. The molecule has 0 atom stereocenters. The SMILES string of the molecule is C=CCN(CC=C)C(=O)CSc1ccc(S(=O)(=O)N2CCOCC2)cn1. The molecule has 1 aromatic heterocycles. The van der Waals surface area contributed by atoms with Crippen molar-refractivity contribution in [3.63, 3.8) is 0 Å². The normalized spacial score (nSPS) is 15.4. The van der Waals surface area contributed by atoms with E-state index < -0.39 is 10.0 Å². The van der Waals surface area contributed by atoms with Crippen molar-refractivity contribution in [1.29, 1.82) is 0 Å². The smallest absolute Gasteiger partial charge is 0.244 e. The van der Waals surface area contributed by atoms with Crippen molar-refractivity contribution in [3.05, 3.63) is 43.6 Å². The monoisotopic (exact) mass is 397 g/mol. The van der Waals surface area contributed by atoms with Crippen molar-refractivity contribution >= 4 is 27.7 Å². The van der Waals surface area contributed by atoms with Gasteiger partial charge in [0.05, 0.1) is 24.0 Å². The van der Waals surface area contributed by atoms with Crippen LogP contribution in [0, 0.1) is 0 Å². The van der Waals surface area contributed by atoms with Gasteiger partial charge in [-0.25, -0.2) is 13.4 Å². The first kappa shape index (κ1) is 20.6. The summed E-state index contributed by atoms with van der Waals surface area (Å²) in [4.78, 5) is 18.2. The van der Waals surface area contributed by atoms with Gasteiger partial charge < -0.3 is 9.64 Å². The molecule has 0 spiro atoms. The number of amides is 1. The Morgan fingerprint density at radius 1 is 1.27 bits per heavy atom. The minimum atomic E-state index is -3.55. The van der Waals surface area contributed by atoms with E-state index in [1.807, 2.05) is 0 Å². The number of hydrogen-bond donors (Lipinski definition) is 0. The van der Waals surface area contributed by atoms with E-state index >= 15 is 0 Å². The van der Waals surface area contributed by atoms with Crippen LogP contribution >= 0.6 is 11.8 Å². The maximum atomic E-state index is 12.5. The van der Waals surface area contributed by atoms with Crippen LogP contribution in [0.15, 0.2) is 53.6 Å². The fourth-order valence-corrected chi connectivity index (χ4v) is 4.46. The van der Waals surface area contributed by atoms with E-state index in [9.17, 15) is 13.2 Å². The molecule has 1 saturated heterocycles. The van der Waals surface area contributed by atoms with Gasteiger partial charge in [-0.3, -0.25) is 4.79 Å². The third-order valence-electron chi connectivity index (χ3n) is 3.71. The minimum Gasteiger partial charge on any atom is -0.379 e. The fraction of sp³-hybridized carbons (Fsp3) is 0.412. The molecule has 1 aromatic rings. The van der Waals surface area contributed by atoms with Crippen LogP contribution in [0.3, 0.4) is 0 Å². The number of ether oxygens (including phenoxy) is 1. The quantitative estimate of drug-likeness (QED) is 0.463. The Morgan fingerprint density at radius 2 is 1.92 bits per heavy atom. The van der Waals surface area contributed by atoms with Crippen LogP contribution in [0.25, 0.3) is 0 Å². The molecule has 0 bridgehead atoms. The van der Waals surface area contributed by atoms with Gasteiger partial charge in [0.15, 0.2) is 0 Å². The van der Waals surface area contributed by atoms with Crippen molar-refractivity contribution in [2.45, 2.75) is 9.92 Å². The van der Waals surface area contributed by atoms with E-state index in [4.69, 9.17) is 4.74 Å². The second-order valence-corrected chi connectivity index (χ2v) is 8.45. The van der Waals surface area contributed by atoms with Crippen molar-refractivity contribution < 1.29 is 17.9 Å². The first-order valence-electron chi connectivity index (χ1n) is 8.15. The summed E-state index contributed by atoms with van der Waals surface area (Å²) >= 11 is 1.26. The summed E-state index contributed by atoms with van der Waals surface area (Å²) in [6.07, 6.45) is 4.66. The summed E-state index contributed by atoms with van der Waals surface area (Å²) in [5.41, 5.74) is 0. The molecule has 2 rings (SSSR count). The highest BCUT2D eigenvalue weighted by Gasteiger charge is 2.26. The van der Waals surface area contributed by atoms with Crippen LogP contribution in [0.5, 0.6) is 0 Å². The van der Waals surface area contributed by atoms with Gasteiger partial charge in [0.2, 0.25) is 15.9 Å². The number of pyridine rings is 1. The van der Waals surface area contributed by atoms with E-state index in [0.717, 1.165) is 0 Å². The van der Waals surface area contributed by atoms with Crippen LogP contribution in [-0.2, 0) is 19.6 Å². The van der Waals surface area contributed by atoms with Crippen LogP contribution in [0.2, 0.25) is 0 Å². The van der Waals surface area contributed by atoms with Crippen molar-refractivity contribution in [2.75, 3.05) is 45.1 Å². The maximum Gasteiger partial charge on any atom is 0.244 e. The lowest BCUT2D eigenvalue weighted by atomic mass is 10.4. The van der Waals surface area contributed by atoms with Gasteiger partial charge in [-0.15, -0.1) is 13.2 Å². The van der Waals surface area contributed by atoms with E-state index in [2.05, 4.69) is 18.1 Å². The van der Waals surface area contributed by atoms with E-state index in [1.54, 1.807) is 23.1 Å². The Bertz CT molecular complexity index is 719. The number of carbonyl (C=O) groups excluding carboxylic acids is 1. The molecular weight excluding hydrogens is 374 g/mol. The van der Waals surface area contributed by atoms with E-state index in [0.29, 0.717) is 44.4 Å². The number of morpholine rings is 1. The molecule has 0 unspecified atom stereocenters. The molecule has 0 saturated carbocycles. The summed E-state index contributed by atoms with van der Waals surface area (Å²) in [5.74, 6) is 0.158. The van der Waals surface area contributed by atoms with Gasteiger partial charge in [-0.05, 0) is 12.1 Å². The molecule has 0 aliphatic carbocycles. The molecule has 1 aliphatic heterocycles. The van der Waals surface area contributed by atoms with Gasteiger partial charge in [0.1, 0.15) is 4.90 Å². The van der Waals surface area contributed by atoms with Gasteiger partial charge in [0, 0.05) is 32.4 Å². The Hall–Kier alpha value is -1.68. The molecule has 26 heavy (non-hydrogen) atoms. The number of hydrogen-bond acceptors (Lipinski definition) is 6. The molecule has 0 radical (unpaired) electrons. The fourth-order valence-electron chi connectivity index (χ4n) is 2.36. The molecule has 2 heterocycles. The second-order valence-electron chi connectivity index (χ2n) is 5.51. The average Bonchev–Trinajstić information content (AvgIpc) is 2.67. The number of thioether (sulfide) groups is 1. The van der Waals surface area contributed by atoms with Crippen LogP contribution in [0.4, 0.5) is 0 Å². The lowest BCUT2D eigenvalue weighted by molar-refractivity contribution is -0.127. The topological polar surface area (TPSA) is 79.8 Å². The lowest BCUT2D eigenvalue weighted by Crippen LogP contribution is -2.40. The summed E-state index contributed by atoms with van der Waals surface area (Å²) in [7, 11) is -3.55. The Morgan fingerprint density at radius 3 is 2.46 bits per heavy atom. The minimum absolute atomic E-state index is 0.0541. The Kier molecular flexibility index (Phi) is 7.83. The van der Waals surface area contributed by atoms with Crippen LogP contribution in [-0.4, -0.2) is 73.7 Å². The first-order chi connectivity index (χ1) is 12.5. The van der Waals surface area contributed by atoms with E-state index in [1.165, 1.54) is 28.3 Å². The Labute approximate surface area is 158 Å². The van der Waals surface area contributed by atoms with Gasteiger partial charge in [-0.2, -0.15) is 4.31 Å². The highest BCUT2D eigenvalue weighted by molar-refractivity contribution is 7.99. The highest BCUT2D eigenvalue weighted by atomic mass is 32.2. The summed E-state index contributed by atoms with van der Waals surface area (Å²) in [6.45, 7) is 9.67. The molecule has 7 nitrogen and oxygen atoms in total. The molecule has 9 heteroatoms. The van der Waals surface area contributed by atoms with Gasteiger partial charge in [-0.1, -0.05) is 23.9 Å². The number of rotatable bonds is 9. The molecule has 1 aliphatic rings. The van der Waals surface area contributed by atoms with Crippen molar-refractivity contribution in [3.8, 4) is 0 Å². The summed E-state index contributed by atoms with van der Waals surface area (Å²) < 4.78 is 31.7. The number of nitrogens with zero attached hydrogens (tertiary/aromatic N) is 3. The zero-order valence-electron chi connectivity index (χ0n) is 14.5. The largest absolute Gasteiger partial charge is 0.379 e. The highest BCUT2D eigenvalue weighted by Crippen LogP contribution is 2.20. The Balaban J connectivity index is 1.97. The van der Waals surface area contributed by atoms with Gasteiger partial charge >= 0.3 is 0 Å². The van der Waals surface area contributed by atoms with E-state index in [-0.39, 0.29) is 16.6 Å². The molecule has 1 amide bonds. The number of sulfonamides is 1. The zero-order chi connectivity index (χ0) is 19.0. The maximum absolute atomic E-state index is 12.5. The predicted octanol–water partition coefficient (Wildman–Crippen LogP) is 1.40. The predicted molar refractivity (Wildman–Crippen MR) is 102 cm³/mol. The summed E-state index contributed by atoms with van der Waals surface area (Å²) in [6, 6.07) is 3.15. The molecular formula is C17H23N3O4S2. The summed E-state index contributed by atoms with van der Waals surface area (Å²) in [5, 5.41) is 0.594. The van der Waals surface area contributed by atoms with Gasteiger partial charge in [0.25, 0.3) is 0 Å². The van der Waals surface area contributed by atoms with Crippen molar-refractivity contribution in [1.82, 2.24) is 14.2 Å². The zero-order valence-corrected chi connectivity index (χ0v) is 16.2. The number of carbonyl (C=O) groups is 1. The standard InChI is InChI=1S/C17H23N3O4S2/c1-3-7-19(8-4-2)17(21)14-25-16-6-5-15(13-18-16)26(22,23)20-9-11-24-12-10-20/h3-6,13H,1-2,7-12,14H2. The average molecular weight is 398 g/mol. The van der Waals surface area contributed by atoms with Crippen LogP contribution in [0.1, 0.15) is 0 Å².